The molecule has 4 heterocycles. The van der Waals surface area contributed by atoms with Crippen LogP contribution in [0.15, 0.2) is 42.6 Å². The molecule has 0 aliphatic carbocycles. The fraction of sp³-hybridized carbons (Fsp3) is 0.364. The van der Waals surface area contributed by atoms with E-state index in [2.05, 4.69) is 4.90 Å². The van der Waals surface area contributed by atoms with E-state index in [9.17, 15) is 4.79 Å². The van der Waals surface area contributed by atoms with Gasteiger partial charge in [-0.15, -0.1) is 0 Å². The molecule has 1 saturated heterocycles. The standard InChI is InChI=1S/C22H23N3O2/c26-22-19-20(18-10-6-14-25(18)22)23-17-9-3-2-8-16(17)21(19)27-15-7-13-24-11-4-1-5-12-24/h2-3,6,8-10,14H,1,4-5,7,11-13,15H2. The molecule has 2 aliphatic rings. The van der Waals surface area contributed by atoms with Gasteiger partial charge in [-0.05, 0) is 56.6 Å². The molecule has 3 aromatic rings. The molecule has 0 spiro atoms. The topological polar surface area (TPSA) is 47.4 Å². The summed E-state index contributed by atoms with van der Waals surface area (Å²) >= 11 is 0. The molecule has 0 amide bonds. The van der Waals surface area contributed by atoms with E-state index < -0.39 is 0 Å². The van der Waals surface area contributed by atoms with Crippen molar-refractivity contribution in [2.75, 3.05) is 26.2 Å². The lowest BCUT2D eigenvalue weighted by Gasteiger charge is -2.26. The minimum atomic E-state index is -0.0470. The van der Waals surface area contributed by atoms with Crippen LogP contribution in [0.1, 0.15) is 36.0 Å². The molecule has 5 nitrogen and oxygen atoms in total. The van der Waals surface area contributed by atoms with E-state index in [1.807, 2.05) is 36.4 Å². The maximum atomic E-state index is 12.9. The van der Waals surface area contributed by atoms with E-state index in [-0.39, 0.29) is 5.91 Å². The Bertz CT molecular complexity index is 1000. The Morgan fingerprint density at radius 2 is 1.89 bits per heavy atom. The van der Waals surface area contributed by atoms with Crippen molar-refractivity contribution >= 4 is 16.8 Å². The summed E-state index contributed by atoms with van der Waals surface area (Å²) in [6.07, 6.45) is 6.72. The number of piperidine rings is 1. The lowest BCUT2D eigenvalue weighted by atomic mass is 10.1. The van der Waals surface area contributed by atoms with Crippen LogP contribution in [0.4, 0.5) is 0 Å². The molecular weight excluding hydrogens is 338 g/mol. The second kappa shape index (κ2) is 6.82. The van der Waals surface area contributed by atoms with E-state index >= 15 is 0 Å². The molecule has 5 heteroatoms. The summed E-state index contributed by atoms with van der Waals surface area (Å²) < 4.78 is 7.89. The number of para-hydroxylation sites is 1. The van der Waals surface area contributed by atoms with Gasteiger partial charge in [-0.1, -0.05) is 18.6 Å². The van der Waals surface area contributed by atoms with Crippen molar-refractivity contribution in [3.05, 3.63) is 48.2 Å². The number of nitrogens with zero attached hydrogens (tertiary/aromatic N) is 3. The number of carbonyl (C=O) groups is 1. The fourth-order valence-corrected chi connectivity index (χ4v) is 4.23. The summed E-state index contributed by atoms with van der Waals surface area (Å²) in [6, 6.07) is 11.7. The Kier molecular flexibility index (Phi) is 4.17. The van der Waals surface area contributed by atoms with Gasteiger partial charge in [-0.2, -0.15) is 0 Å². The van der Waals surface area contributed by atoms with Gasteiger partial charge in [0.1, 0.15) is 17.0 Å². The highest BCUT2D eigenvalue weighted by Gasteiger charge is 2.32. The molecule has 1 fully saturated rings. The number of aromatic nitrogens is 2. The van der Waals surface area contributed by atoms with E-state index in [1.54, 1.807) is 10.8 Å². The van der Waals surface area contributed by atoms with Gasteiger partial charge in [0, 0.05) is 18.1 Å². The summed E-state index contributed by atoms with van der Waals surface area (Å²) in [5.41, 5.74) is 3.04. The highest BCUT2D eigenvalue weighted by Crippen LogP contribution is 2.40. The Balaban J connectivity index is 1.43. The maximum Gasteiger partial charge on any atom is 0.268 e. The molecule has 1 aromatic carbocycles. The number of benzene rings is 1. The first kappa shape index (κ1) is 16.5. The average Bonchev–Trinajstić information content (AvgIpc) is 3.29. The Morgan fingerprint density at radius 1 is 1.04 bits per heavy atom. The number of ether oxygens (including phenoxy) is 1. The van der Waals surface area contributed by atoms with Crippen LogP contribution in [0.2, 0.25) is 0 Å². The third-order valence-corrected chi connectivity index (χ3v) is 5.58. The molecule has 2 aliphatic heterocycles. The smallest absolute Gasteiger partial charge is 0.268 e. The van der Waals surface area contributed by atoms with Crippen molar-refractivity contribution in [2.45, 2.75) is 25.7 Å². The monoisotopic (exact) mass is 361 g/mol. The molecule has 0 unspecified atom stereocenters. The zero-order valence-corrected chi connectivity index (χ0v) is 15.4. The molecule has 2 aromatic heterocycles. The number of likely N-dealkylation sites (tertiary alicyclic amines) is 1. The summed E-state index contributed by atoms with van der Waals surface area (Å²) in [4.78, 5) is 20.2. The van der Waals surface area contributed by atoms with Crippen LogP contribution < -0.4 is 4.74 Å². The van der Waals surface area contributed by atoms with Crippen molar-refractivity contribution in [2.24, 2.45) is 0 Å². The number of hydrogen-bond donors (Lipinski definition) is 0. The highest BCUT2D eigenvalue weighted by molar-refractivity contribution is 6.13. The van der Waals surface area contributed by atoms with Crippen molar-refractivity contribution in [3.8, 4) is 17.1 Å². The first-order chi connectivity index (χ1) is 13.3. The largest absolute Gasteiger partial charge is 0.492 e. The van der Waals surface area contributed by atoms with E-state index in [4.69, 9.17) is 9.72 Å². The van der Waals surface area contributed by atoms with E-state index in [0.29, 0.717) is 17.9 Å². The van der Waals surface area contributed by atoms with Crippen LogP contribution in [0.3, 0.4) is 0 Å². The van der Waals surface area contributed by atoms with Crippen molar-refractivity contribution in [1.29, 1.82) is 0 Å². The van der Waals surface area contributed by atoms with Gasteiger partial charge in [-0.25, -0.2) is 4.98 Å². The Labute approximate surface area is 158 Å². The first-order valence-corrected chi connectivity index (χ1v) is 9.83. The lowest BCUT2D eigenvalue weighted by molar-refractivity contribution is 0.0965. The Morgan fingerprint density at radius 3 is 2.78 bits per heavy atom. The van der Waals surface area contributed by atoms with Gasteiger partial charge in [-0.3, -0.25) is 9.36 Å². The molecule has 0 bridgehead atoms. The summed E-state index contributed by atoms with van der Waals surface area (Å²) in [5, 5.41) is 0.910. The number of rotatable bonds is 5. The molecule has 5 rings (SSSR count). The number of pyridine rings is 1. The molecule has 0 radical (unpaired) electrons. The van der Waals surface area contributed by atoms with Crippen LogP contribution in [-0.2, 0) is 0 Å². The van der Waals surface area contributed by atoms with E-state index in [1.165, 1.54) is 32.4 Å². The van der Waals surface area contributed by atoms with Gasteiger partial charge < -0.3 is 9.64 Å². The van der Waals surface area contributed by atoms with Crippen molar-refractivity contribution < 1.29 is 9.53 Å². The molecule has 0 saturated carbocycles. The Hall–Kier alpha value is -2.66. The van der Waals surface area contributed by atoms with Crippen LogP contribution in [-0.4, -0.2) is 46.6 Å². The molecular formula is C22H23N3O2. The second-order valence-corrected chi connectivity index (χ2v) is 7.35. The third-order valence-electron chi connectivity index (χ3n) is 5.58. The minimum absolute atomic E-state index is 0.0470. The zero-order chi connectivity index (χ0) is 18.2. The minimum Gasteiger partial charge on any atom is -0.492 e. The normalized spacial score (nSPS) is 16.5. The van der Waals surface area contributed by atoms with Crippen LogP contribution in [0.5, 0.6) is 5.75 Å². The SMILES string of the molecule is O=C1c2c(nc3ccccc3c2OCCCN2CCCCC2)-c2cccn21. The van der Waals surface area contributed by atoms with Crippen LogP contribution in [0.25, 0.3) is 22.3 Å². The van der Waals surface area contributed by atoms with Gasteiger partial charge in [0.2, 0.25) is 0 Å². The molecule has 27 heavy (non-hydrogen) atoms. The quantitative estimate of drug-likeness (QED) is 0.505. The molecule has 138 valence electrons. The predicted molar refractivity (Wildman–Crippen MR) is 105 cm³/mol. The molecule has 0 atom stereocenters. The number of fused-ring (bicyclic) bond motifs is 4. The molecule has 0 N–H and O–H groups in total. The fourth-order valence-electron chi connectivity index (χ4n) is 4.23. The zero-order valence-electron chi connectivity index (χ0n) is 15.4. The first-order valence-electron chi connectivity index (χ1n) is 9.83. The van der Waals surface area contributed by atoms with Gasteiger partial charge in [0.25, 0.3) is 5.91 Å². The summed E-state index contributed by atoms with van der Waals surface area (Å²) in [6.45, 7) is 4.06. The summed E-state index contributed by atoms with van der Waals surface area (Å²) in [5.74, 6) is 0.636. The van der Waals surface area contributed by atoms with Gasteiger partial charge >= 0.3 is 0 Å². The van der Waals surface area contributed by atoms with Crippen molar-refractivity contribution in [3.63, 3.8) is 0 Å². The predicted octanol–water partition coefficient (Wildman–Crippen LogP) is 3.96. The lowest BCUT2D eigenvalue weighted by Crippen LogP contribution is -2.31. The summed E-state index contributed by atoms with van der Waals surface area (Å²) in [7, 11) is 0. The number of hydrogen-bond acceptors (Lipinski definition) is 4. The third kappa shape index (κ3) is 2.82. The van der Waals surface area contributed by atoms with Crippen LogP contribution >= 0.6 is 0 Å². The highest BCUT2D eigenvalue weighted by atomic mass is 16.5. The van der Waals surface area contributed by atoms with Crippen LogP contribution in [0, 0.1) is 0 Å². The second-order valence-electron chi connectivity index (χ2n) is 7.35. The van der Waals surface area contributed by atoms with Crippen molar-refractivity contribution in [1.82, 2.24) is 14.5 Å². The van der Waals surface area contributed by atoms with E-state index in [0.717, 1.165) is 35.3 Å². The van der Waals surface area contributed by atoms with Gasteiger partial charge in [0.05, 0.1) is 17.8 Å². The average molecular weight is 361 g/mol. The number of carbonyl (C=O) groups excluding carboxylic acids is 1. The van der Waals surface area contributed by atoms with Gasteiger partial charge in [0.15, 0.2) is 0 Å². The maximum absolute atomic E-state index is 12.9.